The van der Waals surface area contributed by atoms with Crippen molar-refractivity contribution >= 4 is 46.5 Å². The summed E-state index contributed by atoms with van der Waals surface area (Å²) in [5.74, 6) is 0. The third kappa shape index (κ3) is 1.64. The SMILES string of the molecule is O=CN(S)c1cc2ccccc2c2ccccc12. The Morgan fingerprint density at radius 2 is 1.50 bits per heavy atom. The van der Waals surface area contributed by atoms with Crippen LogP contribution >= 0.6 is 12.8 Å². The lowest BCUT2D eigenvalue weighted by molar-refractivity contribution is -0.106. The second kappa shape index (κ2) is 4.35. The number of amides is 1. The van der Waals surface area contributed by atoms with E-state index in [-0.39, 0.29) is 0 Å². The number of nitrogens with zero attached hydrogens (tertiary/aromatic N) is 1. The Hall–Kier alpha value is -2.00. The Morgan fingerprint density at radius 3 is 2.22 bits per heavy atom. The number of hydrogen-bond donors (Lipinski definition) is 1. The smallest absolute Gasteiger partial charge is 0.224 e. The van der Waals surface area contributed by atoms with Gasteiger partial charge in [-0.1, -0.05) is 61.3 Å². The van der Waals surface area contributed by atoms with E-state index in [2.05, 4.69) is 24.9 Å². The van der Waals surface area contributed by atoms with Crippen molar-refractivity contribution in [3.63, 3.8) is 0 Å². The van der Waals surface area contributed by atoms with Crippen LogP contribution in [0.5, 0.6) is 0 Å². The van der Waals surface area contributed by atoms with Crippen molar-refractivity contribution in [3.05, 3.63) is 54.6 Å². The number of thiol groups is 1. The second-order valence-electron chi connectivity index (χ2n) is 4.11. The Bertz CT molecular complexity index is 739. The van der Waals surface area contributed by atoms with Crippen molar-refractivity contribution in [2.75, 3.05) is 4.31 Å². The number of anilines is 1. The highest BCUT2D eigenvalue weighted by Crippen LogP contribution is 2.34. The molecule has 2 nitrogen and oxygen atoms in total. The molecule has 3 heteroatoms. The van der Waals surface area contributed by atoms with Crippen LogP contribution in [-0.4, -0.2) is 6.41 Å². The quantitative estimate of drug-likeness (QED) is 0.418. The molecule has 0 aliphatic rings. The second-order valence-corrected chi connectivity index (χ2v) is 4.54. The minimum Gasteiger partial charge on any atom is -0.277 e. The first-order chi connectivity index (χ1) is 8.81. The third-order valence-electron chi connectivity index (χ3n) is 3.09. The largest absolute Gasteiger partial charge is 0.277 e. The van der Waals surface area contributed by atoms with Gasteiger partial charge in [-0.3, -0.25) is 9.10 Å². The Balaban J connectivity index is 2.50. The van der Waals surface area contributed by atoms with Crippen LogP contribution in [0.1, 0.15) is 0 Å². The normalized spacial score (nSPS) is 10.7. The molecule has 0 heterocycles. The lowest BCUT2D eigenvalue weighted by atomic mass is 10.0. The average Bonchev–Trinajstić information content (AvgIpc) is 2.45. The highest BCUT2D eigenvalue weighted by Gasteiger charge is 2.09. The standard InChI is InChI=1S/C15H11NOS/c17-10-16(18)15-9-11-5-1-2-6-12(11)13-7-3-4-8-14(13)15/h1-10,18H. The number of rotatable bonds is 2. The molecule has 0 unspecified atom stereocenters. The van der Waals surface area contributed by atoms with Crippen LogP contribution in [0, 0.1) is 0 Å². The van der Waals surface area contributed by atoms with E-state index in [1.165, 1.54) is 9.69 Å². The number of carbonyl (C=O) groups excluding carboxylic acids is 1. The Labute approximate surface area is 110 Å². The van der Waals surface area contributed by atoms with Crippen molar-refractivity contribution in [2.45, 2.75) is 0 Å². The summed E-state index contributed by atoms with van der Waals surface area (Å²) in [6.45, 7) is 0. The van der Waals surface area contributed by atoms with E-state index in [4.69, 9.17) is 0 Å². The highest BCUT2D eigenvalue weighted by molar-refractivity contribution is 7.82. The zero-order valence-corrected chi connectivity index (χ0v) is 10.5. The van der Waals surface area contributed by atoms with Gasteiger partial charge in [-0.05, 0) is 22.2 Å². The summed E-state index contributed by atoms with van der Waals surface area (Å²) < 4.78 is 1.31. The zero-order chi connectivity index (χ0) is 12.5. The highest BCUT2D eigenvalue weighted by atomic mass is 32.1. The molecule has 0 saturated heterocycles. The maximum atomic E-state index is 10.9. The summed E-state index contributed by atoms with van der Waals surface area (Å²) in [5.41, 5.74) is 0.808. The molecular weight excluding hydrogens is 242 g/mol. The van der Waals surface area contributed by atoms with Crippen LogP contribution in [0.15, 0.2) is 54.6 Å². The molecule has 0 fully saturated rings. The van der Waals surface area contributed by atoms with Gasteiger partial charge in [-0.25, -0.2) is 0 Å². The Kier molecular flexibility index (Phi) is 2.68. The van der Waals surface area contributed by atoms with Gasteiger partial charge in [0, 0.05) is 5.39 Å². The van der Waals surface area contributed by atoms with Crippen LogP contribution in [0.3, 0.4) is 0 Å². The lowest BCUT2D eigenvalue weighted by Crippen LogP contribution is -2.06. The van der Waals surface area contributed by atoms with E-state index in [1.54, 1.807) is 0 Å². The topological polar surface area (TPSA) is 20.3 Å². The molecule has 18 heavy (non-hydrogen) atoms. The average molecular weight is 253 g/mol. The zero-order valence-electron chi connectivity index (χ0n) is 9.58. The predicted octanol–water partition coefficient (Wildman–Crippen LogP) is 3.80. The molecule has 3 aromatic rings. The fraction of sp³-hybridized carbons (Fsp3) is 0. The molecule has 0 N–H and O–H groups in total. The van der Waals surface area contributed by atoms with Gasteiger partial charge in [0.1, 0.15) is 0 Å². The molecular formula is C15H11NOS. The van der Waals surface area contributed by atoms with Gasteiger partial charge in [-0.15, -0.1) is 0 Å². The molecule has 0 saturated carbocycles. The third-order valence-corrected chi connectivity index (χ3v) is 3.40. The van der Waals surface area contributed by atoms with E-state index in [0.717, 1.165) is 21.8 Å². The summed E-state index contributed by atoms with van der Waals surface area (Å²) in [6, 6.07) is 18.2. The van der Waals surface area contributed by atoms with Gasteiger partial charge in [0.25, 0.3) is 0 Å². The van der Waals surface area contributed by atoms with E-state index in [0.29, 0.717) is 6.41 Å². The first kappa shape index (κ1) is 11.1. The minimum atomic E-state index is 0.708. The van der Waals surface area contributed by atoms with Crippen LogP contribution in [0.25, 0.3) is 21.5 Å². The number of fused-ring (bicyclic) bond motifs is 3. The van der Waals surface area contributed by atoms with Gasteiger partial charge in [-0.2, -0.15) is 0 Å². The molecule has 3 rings (SSSR count). The van der Waals surface area contributed by atoms with Crippen molar-refractivity contribution in [1.82, 2.24) is 0 Å². The van der Waals surface area contributed by atoms with Crippen molar-refractivity contribution in [3.8, 4) is 0 Å². The predicted molar refractivity (Wildman–Crippen MR) is 79.0 cm³/mol. The molecule has 0 aromatic heterocycles. The van der Waals surface area contributed by atoms with Crippen molar-refractivity contribution in [1.29, 1.82) is 0 Å². The Morgan fingerprint density at radius 1 is 0.889 bits per heavy atom. The van der Waals surface area contributed by atoms with Crippen LogP contribution < -0.4 is 4.31 Å². The molecule has 0 spiro atoms. The summed E-state index contributed by atoms with van der Waals surface area (Å²) >= 11 is 4.19. The first-order valence-corrected chi connectivity index (χ1v) is 6.05. The number of benzene rings is 3. The lowest BCUT2D eigenvalue weighted by Gasteiger charge is -2.14. The van der Waals surface area contributed by atoms with E-state index in [9.17, 15) is 4.79 Å². The molecule has 0 aliphatic carbocycles. The van der Waals surface area contributed by atoms with Crippen molar-refractivity contribution < 1.29 is 4.79 Å². The number of carbonyl (C=O) groups is 1. The maximum Gasteiger partial charge on any atom is 0.224 e. The van der Waals surface area contributed by atoms with E-state index >= 15 is 0 Å². The molecule has 88 valence electrons. The first-order valence-electron chi connectivity index (χ1n) is 5.65. The summed E-state index contributed by atoms with van der Waals surface area (Å²) in [6.07, 6.45) is 0.708. The minimum absolute atomic E-state index is 0.708. The molecule has 3 aromatic carbocycles. The summed E-state index contributed by atoms with van der Waals surface area (Å²) in [7, 11) is 0. The molecule has 0 bridgehead atoms. The van der Waals surface area contributed by atoms with Crippen LogP contribution in [0.4, 0.5) is 5.69 Å². The monoisotopic (exact) mass is 253 g/mol. The molecule has 0 radical (unpaired) electrons. The van der Waals surface area contributed by atoms with Crippen LogP contribution in [0.2, 0.25) is 0 Å². The van der Waals surface area contributed by atoms with E-state index in [1.807, 2.05) is 42.5 Å². The van der Waals surface area contributed by atoms with Gasteiger partial charge < -0.3 is 0 Å². The van der Waals surface area contributed by atoms with Gasteiger partial charge >= 0.3 is 0 Å². The van der Waals surface area contributed by atoms with Crippen molar-refractivity contribution in [2.24, 2.45) is 0 Å². The molecule has 0 atom stereocenters. The summed E-state index contributed by atoms with van der Waals surface area (Å²) in [5, 5.41) is 4.45. The van der Waals surface area contributed by atoms with Gasteiger partial charge in [0.2, 0.25) is 6.41 Å². The molecule has 0 aliphatic heterocycles. The fourth-order valence-electron chi connectivity index (χ4n) is 2.28. The maximum absolute atomic E-state index is 10.9. The fourth-order valence-corrected chi connectivity index (χ4v) is 2.45. The van der Waals surface area contributed by atoms with E-state index < -0.39 is 0 Å². The summed E-state index contributed by atoms with van der Waals surface area (Å²) in [4.78, 5) is 10.9. The number of hydrogen-bond acceptors (Lipinski definition) is 2. The van der Waals surface area contributed by atoms with Gasteiger partial charge in [0.05, 0.1) is 5.69 Å². The van der Waals surface area contributed by atoms with Gasteiger partial charge in [0.15, 0.2) is 0 Å². The molecule has 1 amide bonds. The van der Waals surface area contributed by atoms with Crippen LogP contribution in [-0.2, 0) is 4.79 Å².